The third-order valence-electron chi connectivity index (χ3n) is 8.42. The molecule has 6 aromatic carbocycles. The lowest BCUT2D eigenvalue weighted by Crippen LogP contribution is -1.97. The fourth-order valence-corrected chi connectivity index (χ4v) is 6.42. The summed E-state index contributed by atoms with van der Waals surface area (Å²) in [5.74, 6) is 0.695. The van der Waals surface area contributed by atoms with Gasteiger partial charge in [0.25, 0.3) is 0 Å². The molecule has 4 heteroatoms. The molecule has 0 bridgehead atoms. The fraction of sp³-hybridized carbons (Fsp3) is 0. The minimum Gasteiger partial charge on any atom is -0.456 e. The molecule has 0 N–H and O–H groups in total. The Kier molecular flexibility index (Phi) is 5.47. The second-order valence-electron chi connectivity index (χ2n) is 11.0. The van der Waals surface area contributed by atoms with Crippen LogP contribution in [0.15, 0.2) is 156 Å². The molecule has 44 heavy (non-hydrogen) atoms. The largest absolute Gasteiger partial charge is 0.456 e. The Labute approximate surface area is 253 Å². The van der Waals surface area contributed by atoms with Crippen molar-refractivity contribution in [2.75, 3.05) is 0 Å². The van der Waals surface area contributed by atoms with E-state index in [1.807, 2.05) is 30.3 Å². The first kappa shape index (κ1) is 24.6. The van der Waals surface area contributed by atoms with Crippen molar-refractivity contribution < 1.29 is 4.42 Å². The predicted octanol–water partition coefficient (Wildman–Crippen LogP) is 10.5. The zero-order chi connectivity index (χ0) is 29.0. The number of nitrogens with zero attached hydrogens (tertiary/aromatic N) is 3. The Bertz CT molecular complexity index is 2490. The minimum absolute atomic E-state index is 0.695. The highest BCUT2D eigenvalue weighted by atomic mass is 16.3. The first-order valence-corrected chi connectivity index (χ1v) is 14.8. The van der Waals surface area contributed by atoms with Gasteiger partial charge in [-0.25, -0.2) is 9.97 Å². The lowest BCUT2D eigenvalue weighted by molar-refractivity contribution is 0.669. The molecule has 0 saturated heterocycles. The zero-order valence-electron chi connectivity index (χ0n) is 23.7. The van der Waals surface area contributed by atoms with E-state index in [1.165, 1.54) is 5.39 Å². The molecular weight excluding hydrogens is 538 g/mol. The summed E-state index contributed by atoms with van der Waals surface area (Å²) >= 11 is 0. The van der Waals surface area contributed by atoms with Gasteiger partial charge in [-0.2, -0.15) is 0 Å². The molecular formula is C40H25N3O. The van der Waals surface area contributed by atoms with Crippen LogP contribution in [0.25, 0.3) is 83.3 Å². The van der Waals surface area contributed by atoms with E-state index in [2.05, 4.69) is 126 Å². The van der Waals surface area contributed by atoms with E-state index in [0.717, 1.165) is 72.1 Å². The molecule has 0 spiro atoms. The quantitative estimate of drug-likeness (QED) is 0.214. The van der Waals surface area contributed by atoms with Gasteiger partial charge >= 0.3 is 0 Å². The molecule has 3 aromatic heterocycles. The SMILES string of the molecule is c1ccc(-c2cc(-c3ccc4oc5ccccc5c4c3)nc(-c3cccc4c3c3ccccc3n4-c3ccccc3)n2)cc1. The number of rotatable bonds is 4. The summed E-state index contributed by atoms with van der Waals surface area (Å²) in [6, 6.07) is 52.5. The van der Waals surface area contributed by atoms with Gasteiger partial charge in [-0.15, -0.1) is 0 Å². The van der Waals surface area contributed by atoms with Gasteiger partial charge in [0.2, 0.25) is 0 Å². The molecule has 9 rings (SSSR count). The van der Waals surface area contributed by atoms with Crippen molar-refractivity contribution in [1.29, 1.82) is 0 Å². The van der Waals surface area contributed by atoms with Crippen LogP contribution in [-0.4, -0.2) is 14.5 Å². The second kappa shape index (κ2) is 9.79. The molecule has 4 nitrogen and oxygen atoms in total. The van der Waals surface area contributed by atoms with Gasteiger partial charge in [0.15, 0.2) is 5.82 Å². The normalized spacial score (nSPS) is 11.6. The summed E-state index contributed by atoms with van der Waals surface area (Å²) < 4.78 is 8.45. The Morgan fingerprint density at radius 2 is 1.11 bits per heavy atom. The van der Waals surface area contributed by atoms with Crippen LogP contribution >= 0.6 is 0 Å². The molecule has 0 atom stereocenters. The third kappa shape index (κ3) is 3.85. The van der Waals surface area contributed by atoms with E-state index in [0.29, 0.717) is 5.82 Å². The number of hydrogen-bond donors (Lipinski definition) is 0. The van der Waals surface area contributed by atoms with Crippen molar-refractivity contribution in [2.24, 2.45) is 0 Å². The van der Waals surface area contributed by atoms with Gasteiger partial charge in [0.1, 0.15) is 11.2 Å². The maximum Gasteiger partial charge on any atom is 0.161 e. The van der Waals surface area contributed by atoms with Crippen LogP contribution in [0.1, 0.15) is 0 Å². The Hall–Kier alpha value is -6.00. The van der Waals surface area contributed by atoms with Crippen LogP contribution in [0.4, 0.5) is 0 Å². The lowest BCUT2D eigenvalue weighted by atomic mass is 10.0. The molecule has 0 aliphatic carbocycles. The number of aromatic nitrogens is 3. The molecule has 206 valence electrons. The molecule has 0 fully saturated rings. The smallest absolute Gasteiger partial charge is 0.161 e. The maximum atomic E-state index is 6.12. The standard InChI is InChI=1S/C40H25N3O/c1-3-12-26(13-4-1)33-25-34(27-22-23-38-32(24-27)29-16-8-10-21-37(29)44-38)42-40(41-33)31-18-11-20-36-39(31)30-17-7-9-19-35(30)43(36)28-14-5-2-6-15-28/h1-25H. The zero-order valence-corrected chi connectivity index (χ0v) is 23.7. The van der Waals surface area contributed by atoms with Crippen molar-refractivity contribution in [3.05, 3.63) is 152 Å². The highest BCUT2D eigenvalue weighted by molar-refractivity contribution is 6.15. The molecule has 0 amide bonds. The van der Waals surface area contributed by atoms with E-state index >= 15 is 0 Å². The van der Waals surface area contributed by atoms with Crippen LogP contribution in [0, 0.1) is 0 Å². The number of para-hydroxylation sites is 3. The summed E-state index contributed by atoms with van der Waals surface area (Å²) in [6.45, 7) is 0. The monoisotopic (exact) mass is 563 g/mol. The average Bonchev–Trinajstić information content (AvgIpc) is 3.64. The van der Waals surface area contributed by atoms with Gasteiger partial charge in [0, 0.05) is 43.9 Å². The number of hydrogen-bond acceptors (Lipinski definition) is 3. The first-order valence-electron chi connectivity index (χ1n) is 14.8. The summed E-state index contributed by atoms with van der Waals surface area (Å²) in [5.41, 5.74) is 9.96. The Morgan fingerprint density at radius 3 is 1.95 bits per heavy atom. The molecule has 0 aliphatic rings. The summed E-state index contributed by atoms with van der Waals surface area (Å²) in [7, 11) is 0. The number of benzene rings is 6. The molecule has 0 unspecified atom stereocenters. The third-order valence-corrected chi connectivity index (χ3v) is 8.42. The maximum absolute atomic E-state index is 6.12. The Morgan fingerprint density at radius 1 is 0.455 bits per heavy atom. The molecule has 9 aromatic rings. The van der Waals surface area contributed by atoms with Crippen molar-refractivity contribution in [1.82, 2.24) is 14.5 Å². The van der Waals surface area contributed by atoms with Gasteiger partial charge in [-0.3, -0.25) is 0 Å². The molecule has 0 saturated carbocycles. The van der Waals surface area contributed by atoms with Crippen molar-refractivity contribution >= 4 is 43.7 Å². The highest BCUT2D eigenvalue weighted by Gasteiger charge is 2.19. The van der Waals surface area contributed by atoms with E-state index in [1.54, 1.807) is 0 Å². The minimum atomic E-state index is 0.695. The predicted molar refractivity (Wildman–Crippen MR) is 180 cm³/mol. The molecule has 0 aliphatic heterocycles. The second-order valence-corrected chi connectivity index (χ2v) is 11.0. The van der Waals surface area contributed by atoms with E-state index in [4.69, 9.17) is 14.4 Å². The average molecular weight is 564 g/mol. The summed E-state index contributed by atoms with van der Waals surface area (Å²) in [6.07, 6.45) is 0. The van der Waals surface area contributed by atoms with E-state index in [9.17, 15) is 0 Å². The topological polar surface area (TPSA) is 43.9 Å². The molecule has 3 heterocycles. The first-order chi connectivity index (χ1) is 21.8. The van der Waals surface area contributed by atoms with E-state index < -0.39 is 0 Å². The number of furan rings is 1. The van der Waals surface area contributed by atoms with Gasteiger partial charge in [-0.1, -0.05) is 97.1 Å². The van der Waals surface area contributed by atoms with E-state index in [-0.39, 0.29) is 0 Å². The van der Waals surface area contributed by atoms with Crippen molar-refractivity contribution in [3.63, 3.8) is 0 Å². The van der Waals surface area contributed by atoms with Crippen LogP contribution < -0.4 is 0 Å². The lowest BCUT2D eigenvalue weighted by Gasteiger charge is -2.11. The van der Waals surface area contributed by atoms with Crippen LogP contribution in [0.5, 0.6) is 0 Å². The van der Waals surface area contributed by atoms with Crippen molar-refractivity contribution in [3.8, 4) is 39.6 Å². The van der Waals surface area contributed by atoms with Gasteiger partial charge in [0.05, 0.1) is 22.4 Å². The summed E-state index contributed by atoms with van der Waals surface area (Å²) in [5, 5.41) is 4.48. The van der Waals surface area contributed by atoms with Gasteiger partial charge < -0.3 is 8.98 Å². The highest BCUT2D eigenvalue weighted by Crippen LogP contribution is 2.39. The molecule has 0 radical (unpaired) electrons. The number of fused-ring (bicyclic) bond motifs is 6. The summed E-state index contributed by atoms with van der Waals surface area (Å²) in [4.78, 5) is 10.5. The Balaban J connectivity index is 1.32. The van der Waals surface area contributed by atoms with Crippen LogP contribution in [0.2, 0.25) is 0 Å². The van der Waals surface area contributed by atoms with Crippen LogP contribution in [0.3, 0.4) is 0 Å². The van der Waals surface area contributed by atoms with Gasteiger partial charge in [-0.05, 0) is 54.6 Å². The van der Waals surface area contributed by atoms with Crippen LogP contribution in [-0.2, 0) is 0 Å². The van der Waals surface area contributed by atoms with Crippen molar-refractivity contribution in [2.45, 2.75) is 0 Å². The fourth-order valence-electron chi connectivity index (χ4n) is 6.42.